The molecule has 1 aromatic rings. The Hall–Kier alpha value is -2.43. The first kappa shape index (κ1) is 26.2. The SMILES string of the molecule is C=C(C)C(=O)OCCCC1CCC(C2CCC(c3ccc(OC(=O)C(=C)C)cc3)C(F)C2)CC1. The molecular formula is C29H39FO4. The highest BCUT2D eigenvalue weighted by Gasteiger charge is 2.36. The fraction of sp³-hybridized carbons (Fsp3) is 0.586. The second kappa shape index (κ2) is 12.3. The number of benzene rings is 1. The number of halogens is 1. The largest absolute Gasteiger partial charge is 0.462 e. The number of ether oxygens (including phenoxy) is 2. The quantitative estimate of drug-likeness (QED) is 0.167. The van der Waals surface area contributed by atoms with Gasteiger partial charge in [0.25, 0.3) is 0 Å². The topological polar surface area (TPSA) is 52.6 Å². The molecule has 4 nitrogen and oxygen atoms in total. The van der Waals surface area contributed by atoms with Crippen molar-refractivity contribution in [2.75, 3.05) is 6.61 Å². The van der Waals surface area contributed by atoms with Crippen LogP contribution in [0, 0.1) is 17.8 Å². The van der Waals surface area contributed by atoms with Crippen LogP contribution in [0.5, 0.6) is 5.75 Å². The predicted octanol–water partition coefficient (Wildman–Crippen LogP) is 7.10. The summed E-state index contributed by atoms with van der Waals surface area (Å²) in [5.41, 5.74) is 1.78. The standard InChI is InChI=1S/C29H39FO4/c1-19(2)28(31)33-17-5-6-21-7-9-22(10-8-21)24-13-16-26(27(30)18-24)23-11-14-25(15-12-23)34-29(32)20(3)4/h11-12,14-15,21-22,24,26-27H,1,3,5-10,13,16-18H2,2,4H3. The van der Waals surface area contributed by atoms with Gasteiger partial charge >= 0.3 is 11.9 Å². The summed E-state index contributed by atoms with van der Waals surface area (Å²) >= 11 is 0. The van der Waals surface area contributed by atoms with Gasteiger partial charge in [-0.1, -0.05) is 38.1 Å². The van der Waals surface area contributed by atoms with E-state index in [1.165, 1.54) is 25.7 Å². The molecule has 0 heterocycles. The summed E-state index contributed by atoms with van der Waals surface area (Å²) in [5.74, 6) is 1.42. The zero-order chi connectivity index (χ0) is 24.7. The lowest BCUT2D eigenvalue weighted by Gasteiger charge is -2.39. The van der Waals surface area contributed by atoms with Crippen molar-refractivity contribution in [1.82, 2.24) is 0 Å². The molecule has 0 aliphatic heterocycles. The van der Waals surface area contributed by atoms with Crippen molar-refractivity contribution in [2.45, 2.75) is 83.7 Å². The zero-order valence-electron chi connectivity index (χ0n) is 20.7. The molecule has 0 bridgehead atoms. The molecule has 0 amide bonds. The molecule has 3 rings (SSSR count). The Morgan fingerprint density at radius 1 is 0.912 bits per heavy atom. The van der Waals surface area contributed by atoms with Crippen LogP contribution in [0.15, 0.2) is 48.6 Å². The van der Waals surface area contributed by atoms with Gasteiger partial charge in [0.1, 0.15) is 11.9 Å². The number of rotatable bonds is 9. The lowest BCUT2D eigenvalue weighted by atomic mass is 9.67. The summed E-state index contributed by atoms with van der Waals surface area (Å²) in [6.45, 7) is 10.9. The number of alkyl halides is 1. The highest BCUT2D eigenvalue weighted by molar-refractivity contribution is 5.88. The van der Waals surface area contributed by atoms with Crippen LogP contribution in [0.4, 0.5) is 4.39 Å². The van der Waals surface area contributed by atoms with Crippen molar-refractivity contribution in [3.05, 3.63) is 54.1 Å². The van der Waals surface area contributed by atoms with Gasteiger partial charge in [0.15, 0.2) is 0 Å². The maximum Gasteiger partial charge on any atom is 0.338 e. The summed E-state index contributed by atoms with van der Waals surface area (Å²) in [5, 5.41) is 0. The molecule has 2 saturated carbocycles. The summed E-state index contributed by atoms with van der Waals surface area (Å²) in [6.07, 6.45) is 8.49. The van der Waals surface area contributed by atoms with Gasteiger partial charge in [-0.25, -0.2) is 14.0 Å². The summed E-state index contributed by atoms with van der Waals surface area (Å²) in [6, 6.07) is 7.26. The van der Waals surface area contributed by atoms with E-state index in [0.717, 1.165) is 31.2 Å². The van der Waals surface area contributed by atoms with Crippen LogP contribution in [0.2, 0.25) is 0 Å². The van der Waals surface area contributed by atoms with Crippen LogP contribution in [-0.4, -0.2) is 24.7 Å². The Balaban J connectivity index is 1.40. The maximum absolute atomic E-state index is 15.2. The van der Waals surface area contributed by atoms with Crippen LogP contribution < -0.4 is 4.74 Å². The zero-order valence-corrected chi connectivity index (χ0v) is 20.7. The number of carbonyl (C=O) groups is 2. The molecule has 0 radical (unpaired) electrons. The molecule has 3 unspecified atom stereocenters. The fourth-order valence-electron chi connectivity index (χ4n) is 5.54. The first-order valence-corrected chi connectivity index (χ1v) is 12.7. The Bertz CT molecular complexity index is 867. The van der Waals surface area contributed by atoms with E-state index in [4.69, 9.17) is 9.47 Å². The third kappa shape index (κ3) is 7.28. The van der Waals surface area contributed by atoms with Gasteiger partial charge in [-0.15, -0.1) is 0 Å². The molecule has 0 saturated heterocycles. The van der Waals surface area contributed by atoms with E-state index < -0.39 is 12.1 Å². The Morgan fingerprint density at radius 3 is 2.12 bits per heavy atom. The Labute approximate surface area is 203 Å². The molecule has 0 spiro atoms. The van der Waals surface area contributed by atoms with Crippen LogP contribution in [0.25, 0.3) is 0 Å². The molecule has 2 aliphatic carbocycles. The smallest absolute Gasteiger partial charge is 0.338 e. The molecule has 3 atom stereocenters. The number of esters is 2. The van der Waals surface area contributed by atoms with Crippen LogP contribution >= 0.6 is 0 Å². The van der Waals surface area contributed by atoms with Crippen molar-refractivity contribution in [2.24, 2.45) is 17.8 Å². The van der Waals surface area contributed by atoms with Gasteiger partial charge in [-0.3, -0.25) is 0 Å². The summed E-state index contributed by atoms with van der Waals surface area (Å²) < 4.78 is 25.7. The lowest BCUT2D eigenvalue weighted by molar-refractivity contribution is -0.139. The second-order valence-corrected chi connectivity index (χ2v) is 10.3. The van der Waals surface area contributed by atoms with Gasteiger partial charge in [0.2, 0.25) is 0 Å². The van der Waals surface area contributed by atoms with E-state index in [0.29, 0.717) is 47.7 Å². The minimum atomic E-state index is -0.830. The molecule has 2 fully saturated rings. The average molecular weight is 471 g/mol. The molecule has 0 N–H and O–H groups in total. The molecule has 186 valence electrons. The highest BCUT2D eigenvalue weighted by atomic mass is 19.1. The van der Waals surface area contributed by atoms with Crippen LogP contribution in [0.1, 0.15) is 83.1 Å². The minimum absolute atomic E-state index is 0.0830. The Morgan fingerprint density at radius 2 is 1.53 bits per heavy atom. The van der Waals surface area contributed by atoms with E-state index in [9.17, 15) is 9.59 Å². The highest BCUT2D eigenvalue weighted by Crippen LogP contribution is 2.45. The van der Waals surface area contributed by atoms with Crippen LogP contribution in [0.3, 0.4) is 0 Å². The van der Waals surface area contributed by atoms with Gasteiger partial charge in [-0.05, 0) is 94.2 Å². The van der Waals surface area contributed by atoms with Crippen molar-refractivity contribution in [3.8, 4) is 5.75 Å². The first-order chi connectivity index (χ1) is 16.2. The van der Waals surface area contributed by atoms with E-state index in [2.05, 4.69) is 13.2 Å². The summed E-state index contributed by atoms with van der Waals surface area (Å²) in [4.78, 5) is 23.1. The van der Waals surface area contributed by atoms with Gasteiger partial charge < -0.3 is 9.47 Å². The van der Waals surface area contributed by atoms with Crippen LogP contribution in [-0.2, 0) is 14.3 Å². The van der Waals surface area contributed by atoms with E-state index >= 15 is 4.39 Å². The van der Waals surface area contributed by atoms with Crippen molar-refractivity contribution >= 4 is 11.9 Å². The Kier molecular flexibility index (Phi) is 9.49. The van der Waals surface area contributed by atoms with Gasteiger partial charge in [0.05, 0.1) is 6.61 Å². The van der Waals surface area contributed by atoms with E-state index in [1.54, 1.807) is 26.0 Å². The van der Waals surface area contributed by atoms with Crippen molar-refractivity contribution in [1.29, 1.82) is 0 Å². The number of hydrogen-bond donors (Lipinski definition) is 0. The summed E-state index contributed by atoms with van der Waals surface area (Å²) in [7, 11) is 0. The normalized spacial score (nSPS) is 27.0. The number of hydrogen-bond acceptors (Lipinski definition) is 4. The third-order valence-corrected chi connectivity index (χ3v) is 7.58. The van der Waals surface area contributed by atoms with Crippen molar-refractivity contribution < 1.29 is 23.5 Å². The average Bonchev–Trinajstić information content (AvgIpc) is 2.82. The minimum Gasteiger partial charge on any atom is -0.462 e. The van der Waals surface area contributed by atoms with E-state index in [1.807, 2.05) is 12.1 Å². The molecule has 34 heavy (non-hydrogen) atoms. The lowest BCUT2D eigenvalue weighted by Crippen LogP contribution is -2.31. The molecule has 0 aromatic heterocycles. The molecule has 2 aliphatic rings. The maximum atomic E-state index is 15.2. The molecule has 1 aromatic carbocycles. The van der Waals surface area contributed by atoms with E-state index in [-0.39, 0.29) is 11.9 Å². The first-order valence-electron chi connectivity index (χ1n) is 12.7. The van der Waals surface area contributed by atoms with Gasteiger partial charge in [0, 0.05) is 17.1 Å². The fourth-order valence-corrected chi connectivity index (χ4v) is 5.54. The third-order valence-electron chi connectivity index (χ3n) is 7.58. The monoisotopic (exact) mass is 470 g/mol. The predicted molar refractivity (Wildman–Crippen MR) is 132 cm³/mol. The second-order valence-electron chi connectivity index (χ2n) is 10.3. The van der Waals surface area contributed by atoms with Gasteiger partial charge in [-0.2, -0.15) is 0 Å². The number of carbonyl (C=O) groups excluding carboxylic acids is 2. The molecular weight excluding hydrogens is 431 g/mol. The molecule has 5 heteroatoms. The van der Waals surface area contributed by atoms with Crippen molar-refractivity contribution in [3.63, 3.8) is 0 Å².